The Labute approximate surface area is 167 Å². The molecule has 0 saturated carbocycles. The molecule has 0 atom stereocenters. The number of halogens is 1. The molecule has 1 N–H and O–H groups in total. The number of hydrogen-bond acceptors (Lipinski definition) is 6. The molecule has 0 spiro atoms. The Morgan fingerprint density at radius 3 is 2.67 bits per heavy atom. The number of amides is 1. The first-order chi connectivity index (χ1) is 12.8. The van der Waals surface area contributed by atoms with E-state index in [-0.39, 0.29) is 28.7 Å². The van der Waals surface area contributed by atoms with Crippen LogP contribution in [0.4, 0.5) is 5.00 Å². The average Bonchev–Trinajstić information content (AvgIpc) is 3.15. The highest BCUT2D eigenvalue weighted by molar-refractivity contribution is 9.10. The van der Waals surface area contributed by atoms with Gasteiger partial charge in [-0.1, -0.05) is 15.9 Å². The second-order valence-electron chi connectivity index (χ2n) is 5.78. The third-order valence-electron chi connectivity index (χ3n) is 3.88. The summed E-state index contributed by atoms with van der Waals surface area (Å²) in [6.45, 7) is 4.95. The summed E-state index contributed by atoms with van der Waals surface area (Å²) in [4.78, 5) is 37.2. The van der Waals surface area contributed by atoms with Gasteiger partial charge in [-0.25, -0.2) is 4.79 Å². The summed E-state index contributed by atoms with van der Waals surface area (Å²) in [5.74, 6) is -1.17. The maximum atomic E-state index is 12.6. The van der Waals surface area contributed by atoms with Crippen LogP contribution in [-0.4, -0.2) is 24.3 Å². The minimum atomic E-state index is -0.581. The van der Waals surface area contributed by atoms with Crippen LogP contribution in [0.3, 0.4) is 0 Å². The van der Waals surface area contributed by atoms with E-state index >= 15 is 0 Å². The number of esters is 1. The van der Waals surface area contributed by atoms with Crippen molar-refractivity contribution >= 4 is 60.9 Å². The van der Waals surface area contributed by atoms with E-state index in [1.165, 1.54) is 6.92 Å². The van der Waals surface area contributed by atoms with Crippen molar-refractivity contribution in [2.24, 2.45) is 0 Å². The van der Waals surface area contributed by atoms with Crippen LogP contribution in [0.5, 0.6) is 0 Å². The van der Waals surface area contributed by atoms with Crippen LogP contribution in [0.15, 0.2) is 33.2 Å². The van der Waals surface area contributed by atoms with Gasteiger partial charge in [-0.3, -0.25) is 9.59 Å². The highest BCUT2D eigenvalue weighted by Crippen LogP contribution is 2.34. The number of benzene rings is 1. The van der Waals surface area contributed by atoms with E-state index in [1.54, 1.807) is 26.0 Å². The highest BCUT2D eigenvalue weighted by Gasteiger charge is 2.26. The fraction of sp³-hybridized carbons (Fsp3) is 0.211. The molecule has 0 aliphatic carbocycles. The van der Waals surface area contributed by atoms with Crippen molar-refractivity contribution in [3.63, 3.8) is 0 Å². The molecule has 140 valence electrons. The first-order valence-corrected chi connectivity index (χ1v) is 9.74. The predicted molar refractivity (Wildman–Crippen MR) is 107 cm³/mol. The Hall–Kier alpha value is -2.45. The molecule has 0 aliphatic rings. The van der Waals surface area contributed by atoms with E-state index in [1.807, 2.05) is 12.1 Å². The monoisotopic (exact) mass is 449 g/mol. The number of ether oxygens (including phenoxy) is 1. The van der Waals surface area contributed by atoms with Gasteiger partial charge in [-0.2, -0.15) is 0 Å². The lowest BCUT2D eigenvalue weighted by Crippen LogP contribution is -2.14. The van der Waals surface area contributed by atoms with Crippen LogP contribution in [0, 0.1) is 6.92 Å². The molecular formula is C19H16BrNO5S. The Balaban J connectivity index is 1.97. The number of anilines is 1. The molecule has 2 heterocycles. The van der Waals surface area contributed by atoms with Crippen LogP contribution in [0.1, 0.15) is 50.0 Å². The molecule has 0 aliphatic heterocycles. The standard InChI is InChI=1S/C19H16BrNO5S/c1-4-25-19(24)15-9(2)16(10(3)22)27-18(15)21-17(23)14-8-11-7-12(20)5-6-13(11)26-14/h5-8H,4H2,1-3H3,(H,21,23). The molecule has 8 heteroatoms. The number of rotatable bonds is 5. The zero-order valence-corrected chi connectivity index (χ0v) is 17.2. The SMILES string of the molecule is CCOC(=O)c1c(NC(=O)c2cc3cc(Br)ccc3o2)sc(C(C)=O)c1C. The van der Waals surface area contributed by atoms with Crippen molar-refractivity contribution in [3.8, 4) is 0 Å². The average molecular weight is 450 g/mol. The number of thiophene rings is 1. The van der Waals surface area contributed by atoms with Gasteiger partial charge >= 0.3 is 5.97 Å². The van der Waals surface area contributed by atoms with Crippen molar-refractivity contribution in [2.45, 2.75) is 20.8 Å². The third-order valence-corrected chi connectivity index (χ3v) is 5.68. The number of nitrogens with one attached hydrogen (secondary N) is 1. The fourth-order valence-corrected chi connectivity index (χ4v) is 4.14. The maximum absolute atomic E-state index is 12.6. The number of fused-ring (bicyclic) bond motifs is 1. The summed E-state index contributed by atoms with van der Waals surface area (Å²) in [5, 5.41) is 3.72. The van der Waals surface area contributed by atoms with E-state index in [0.717, 1.165) is 21.2 Å². The molecule has 3 rings (SSSR count). The van der Waals surface area contributed by atoms with Gasteiger partial charge in [-0.05, 0) is 50.6 Å². The van der Waals surface area contributed by atoms with Crippen molar-refractivity contribution in [2.75, 3.05) is 11.9 Å². The second-order valence-corrected chi connectivity index (χ2v) is 7.72. The molecule has 1 aromatic carbocycles. The van der Waals surface area contributed by atoms with Crippen LogP contribution in [0.2, 0.25) is 0 Å². The van der Waals surface area contributed by atoms with Crippen molar-refractivity contribution in [1.82, 2.24) is 0 Å². The Kier molecular flexibility index (Phi) is 5.48. The molecule has 3 aromatic rings. The van der Waals surface area contributed by atoms with Crippen molar-refractivity contribution in [1.29, 1.82) is 0 Å². The molecule has 0 fully saturated rings. The normalized spacial score (nSPS) is 10.8. The van der Waals surface area contributed by atoms with E-state index in [4.69, 9.17) is 9.15 Å². The summed E-state index contributed by atoms with van der Waals surface area (Å²) < 4.78 is 11.5. The molecule has 2 aromatic heterocycles. The predicted octanol–water partition coefficient (Wildman–Crippen LogP) is 5.20. The van der Waals surface area contributed by atoms with Gasteiger partial charge in [0.15, 0.2) is 11.5 Å². The first kappa shape index (κ1) is 19.3. The van der Waals surface area contributed by atoms with E-state index in [9.17, 15) is 14.4 Å². The number of ketones is 1. The zero-order chi connectivity index (χ0) is 19.7. The third kappa shape index (κ3) is 3.81. The lowest BCUT2D eigenvalue weighted by molar-refractivity contribution is 0.0527. The maximum Gasteiger partial charge on any atom is 0.341 e. The minimum absolute atomic E-state index is 0.105. The van der Waals surface area contributed by atoms with Gasteiger partial charge in [-0.15, -0.1) is 11.3 Å². The number of furan rings is 1. The van der Waals surface area contributed by atoms with E-state index < -0.39 is 11.9 Å². The van der Waals surface area contributed by atoms with Gasteiger partial charge in [0.2, 0.25) is 0 Å². The molecule has 27 heavy (non-hydrogen) atoms. The zero-order valence-electron chi connectivity index (χ0n) is 14.8. The second kappa shape index (κ2) is 7.66. The first-order valence-electron chi connectivity index (χ1n) is 8.13. The molecule has 0 saturated heterocycles. The number of hydrogen-bond donors (Lipinski definition) is 1. The van der Waals surface area contributed by atoms with Gasteiger partial charge in [0, 0.05) is 9.86 Å². The van der Waals surface area contributed by atoms with Crippen LogP contribution < -0.4 is 5.32 Å². The van der Waals surface area contributed by atoms with Gasteiger partial charge in [0.25, 0.3) is 5.91 Å². The van der Waals surface area contributed by atoms with E-state index in [2.05, 4.69) is 21.2 Å². The quantitative estimate of drug-likeness (QED) is 0.427. The molecule has 0 radical (unpaired) electrons. The summed E-state index contributed by atoms with van der Waals surface area (Å²) in [5.41, 5.74) is 1.26. The summed E-state index contributed by atoms with van der Waals surface area (Å²) in [7, 11) is 0. The molecule has 1 amide bonds. The largest absolute Gasteiger partial charge is 0.462 e. The van der Waals surface area contributed by atoms with Crippen LogP contribution in [0.25, 0.3) is 11.0 Å². The smallest absolute Gasteiger partial charge is 0.341 e. The van der Waals surface area contributed by atoms with Gasteiger partial charge in [0.1, 0.15) is 10.6 Å². The summed E-state index contributed by atoms with van der Waals surface area (Å²) >= 11 is 4.42. The van der Waals surface area contributed by atoms with Crippen LogP contribution in [-0.2, 0) is 4.74 Å². The molecular weight excluding hydrogens is 434 g/mol. The number of carbonyl (C=O) groups is 3. The molecule has 0 unspecified atom stereocenters. The van der Waals surface area contributed by atoms with Crippen molar-refractivity contribution in [3.05, 3.63) is 50.5 Å². The van der Waals surface area contributed by atoms with Gasteiger partial charge < -0.3 is 14.5 Å². The summed E-state index contributed by atoms with van der Waals surface area (Å²) in [6.07, 6.45) is 0. The van der Waals surface area contributed by atoms with Gasteiger partial charge in [0.05, 0.1) is 17.0 Å². The highest BCUT2D eigenvalue weighted by atomic mass is 79.9. The Morgan fingerprint density at radius 2 is 2.00 bits per heavy atom. The minimum Gasteiger partial charge on any atom is -0.462 e. The van der Waals surface area contributed by atoms with E-state index in [0.29, 0.717) is 16.0 Å². The molecule has 0 bridgehead atoms. The number of Topliss-reactive ketones (excluding diaryl/α,β-unsaturated/α-hetero) is 1. The molecule has 6 nitrogen and oxygen atoms in total. The lowest BCUT2D eigenvalue weighted by atomic mass is 10.1. The topological polar surface area (TPSA) is 85.6 Å². The summed E-state index contributed by atoms with van der Waals surface area (Å²) in [6, 6.07) is 7.02. The fourth-order valence-electron chi connectivity index (χ4n) is 2.68. The number of carbonyl (C=O) groups excluding carboxylic acids is 3. The Morgan fingerprint density at radius 1 is 1.26 bits per heavy atom. The van der Waals surface area contributed by atoms with Crippen LogP contribution >= 0.6 is 27.3 Å². The van der Waals surface area contributed by atoms with Crippen molar-refractivity contribution < 1.29 is 23.5 Å². The Bertz CT molecular complexity index is 1070. The lowest BCUT2D eigenvalue weighted by Gasteiger charge is -2.06.